The fourth-order valence-electron chi connectivity index (χ4n) is 2.26. The van der Waals surface area contributed by atoms with Crippen LogP contribution < -0.4 is 5.32 Å². The highest BCUT2D eigenvalue weighted by molar-refractivity contribution is 5.20. The summed E-state index contributed by atoms with van der Waals surface area (Å²) >= 11 is 0. The maximum Gasteiger partial charge on any atom is 0.0773 e. The molecule has 2 atom stereocenters. The fourth-order valence-corrected chi connectivity index (χ4v) is 2.26. The molecule has 1 N–H and O–H groups in total. The van der Waals surface area contributed by atoms with Crippen LogP contribution in [0.15, 0.2) is 30.3 Å². The van der Waals surface area contributed by atoms with E-state index in [1.807, 2.05) is 0 Å². The number of hydrogen-bond acceptors (Lipinski definition) is 2. The van der Waals surface area contributed by atoms with Crippen molar-refractivity contribution >= 4 is 0 Å². The van der Waals surface area contributed by atoms with Crippen LogP contribution in [0, 0.1) is 0 Å². The molecule has 1 aromatic rings. The van der Waals surface area contributed by atoms with Crippen molar-refractivity contribution in [2.24, 2.45) is 0 Å². The SMILES string of the molecule is CC(c1ccccc1)C1CNCC(C)(C)O1. The van der Waals surface area contributed by atoms with Gasteiger partial charge in [0.05, 0.1) is 11.7 Å². The summed E-state index contributed by atoms with van der Waals surface area (Å²) in [5.41, 5.74) is 1.30. The maximum absolute atomic E-state index is 6.13. The molecular formula is C14H21NO. The second-order valence-corrected chi connectivity index (χ2v) is 5.25. The molecular weight excluding hydrogens is 198 g/mol. The highest BCUT2D eigenvalue weighted by atomic mass is 16.5. The Morgan fingerprint density at radius 1 is 1.31 bits per heavy atom. The van der Waals surface area contributed by atoms with E-state index in [1.54, 1.807) is 0 Å². The van der Waals surface area contributed by atoms with E-state index in [-0.39, 0.29) is 11.7 Å². The Morgan fingerprint density at radius 2 is 2.00 bits per heavy atom. The van der Waals surface area contributed by atoms with Gasteiger partial charge in [-0.3, -0.25) is 0 Å². The molecule has 1 aromatic carbocycles. The van der Waals surface area contributed by atoms with Gasteiger partial charge in [0.25, 0.3) is 0 Å². The zero-order valence-corrected chi connectivity index (χ0v) is 10.4. The summed E-state index contributed by atoms with van der Waals surface area (Å²) in [7, 11) is 0. The molecule has 2 rings (SSSR count). The van der Waals surface area contributed by atoms with Crippen LogP contribution in [-0.2, 0) is 4.74 Å². The first-order valence-corrected chi connectivity index (χ1v) is 6.02. The lowest BCUT2D eigenvalue weighted by Crippen LogP contribution is -2.51. The number of rotatable bonds is 2. The fraction of sp³-hybridized carbons (Fsp3) is 0.571. The molecule has 0 bridgehead atoms. The third kappa shape index (κ3) is 2.63. The predicted octanol–water partition coefficient (Wildman–Crippen LogP) is 2.56. The van der Waals surface area contributed by atoms with Crippen LogP contribution in [0.1, 0.15) is 32.3 Å². The van der Waals surface area contributed by atoms with Gasteiger partial charge in [0.15, 0.2) is 0 Å². The van der Waals surface area contributed by atoms with Gasteiger partial charge in [0.1, 0.15) is 0 Å². The number of benzene rings is 1. The molecule has 0 aromatic heterocycles. The van der Waals surface area contributed by atoms with Gasteiger partial charge in [0.2, 0.25) is 0 Å². The van der Waals surface area contributed by atoms with E-state index in [0.29, 0.717) is 5.92 Å². The van der Waals surface area contributed by atoms with E-state index in [1.165, 1.54) is 5.56 Å². The summed E-state index contributed by atoms with van der Waals surface area (Å²) in [6.07, 6.45) is 0.270. The molecule has 1 heterocycles. The smallest absolute Gasteiger partial charge is 0.0773 e. The largest absolute Gasteiger partial charge is 0.369 e. The van der Waals surface area contributed by atoms with Crippen molar-refractivity contribution in [3.63, 3.8) is 0 Å². The summed E-state index contributed by atoms with van der Waals surface area (Å²) in [6.45, 7) is 8.40. The van der Waals surface area contributed by atoms with Gasteiger partial charge >= 0.3 is 0 Å². The normalized spacial score (nSPS) is 26.3. The maximum atomic E-state index is 6.13. The lowest BCUT2D eigenvalue weighted by Gasteiger charge is -2.39. The van der Waals surface area contributed by atoms with Crippen LogP contribution in [0.5, 0.6) is 0 Å². The first kappa shape index (κ1) is 11.6. The highest BCUT2D eigenvalue weighted by Gasteiger charge is 2.31. The average Bonchev–Trinajstić information content (AvgIpc) is 2.28. The molecule has 2 heteroatoms. The zero-order chi connectivity index (χ0) is 11.6. The summed E-state index contributed by atoms with van der Waals surface area (Å²) < 4.78 is 6.13. The van der Waals surface area contributed by atoms with E-state index in [4.69, 9.17) is 4.74 Å². The lowest BCUT2D eigenvalue weighted by atomic mass is 9.93. The van der Waals surface area contributed by atoms with Crippen LogP contribution in [0.4, 0.5) is 0 Å². The minimum Gasteiger partial charge on any atom is -0.369 e. The summed E-state index contributed by atoms with van der Waals surface area (Å²) in [5.74, 6) is 0.438. The highest BCUT2D eigenvalue weighted by Crippen LogP contribution is 2.26. The third-order valence-electron chi connectivity index (χ3n) is 3.25. The van der Waals surface area contributed by atoms with Crippen molar-refractivity contribution < 1.29 is 4.74 Å². The van der Waals surface area contributed by atoms with E-state index < -0.39 is 0 Å². The van der Waals surface area contributed by atoms with Crippen molar-refractivity contribution in [2.75, 3.05) is 13.1 Å². The van der Waals surface area contributed by atoms with Gasteiger partial charge in [-0.15, -0.1) is 0 Å². The lowest BCUT2D eigenvalue weighted by molar-refractivity contribution is -0.102. The Labute approximate surface area is 98.0 Å². The topological polar surface area (TPSA) is 21.3 Å². The number of morpholine rings is 1. The van der Waals surface area contributed by atoms with E-state index >= 15 is 0 Å². The molecule has 2 unspecified atom stereocenters. The number of hydrogen-bond donors (Lipinski definition) is 1. The molecule has 1 fully saturated rings. The first-order chi connectivity index (χ1) is 7.58. The molecule has 0 aliphatic carbocycles. The molecule has 0 spiro atoms. The molecule has 0 amide bonds. The number of ether oxygens (including phenoxy) is 1. The Kier molecular flexibility index (Phi) is 3.31. The van der Waals surface area contributed by atoms with Crippen molar-refractivity contribution in [2.45, 2.75) is 38.4 Å². The second-order valence-electron chi connectivity index (χ2n) is 5.25. The van der Waals surface area contributed by atoms with Crippen LogP contribution in [-0.4, -0.2) is 24.8 Å². The quantitative estimate of drug-likeness (QED) is 0.825. The van der Waals surface area contributed by atoms with E-state index in [2.05, 4.69) is 56.4 Å². The molecule has 0 saturated carbocycles. The van der Waals surface area contributed by atoms with Crippen molar-refractivity contribution in [1.82, 2.24) is 5.32 Å². The monoisotopic (exact) mass is 219 g/mol. The van der Waals surface area contributed by atoms with Gasteiger partial charge in [0, 0.05) is 19.0 Å². The van der Waals surface area contributed by atoms with Gasteiger partial charge in [-0.2, -0.15) is 0 Å². The third-order valence-corrected chi connectivity index (χ3v) is 3.25. The molecule has 16 heavy (non-hydrogen) atoms. The average molecular weight is 219 g/mol. The van der Waals surface area contributed by atoms with Crippen LogP contribution in [0.25, 0.3) is 0 Å². The molecule has 2 nitrogen and oxygen atoms in total. The van der Waals surface area contributed by atoms with Crippen molar-refractivity contribution in [3.05, 3.63) is 35.9 Å². The standard InChI is InChI=1S/C14H21NO/c1-11(12-7-5-4-6-8-12)13-9-15-10-14(2,3)16-13/h4-8,11,13,15H,9-10H2,1-3H3. The Morgan fingerprint density at radius 3 is 2.62 bits per heavy atom. The second kappa shape index (κ2) is 4.56. The zero-order valence-electron chi connectivity index (χ0n) is 10.4. The molecule has 1 saturated heterocycles. The minimum absolute atomic E-state index is 0.0496. The minimum atomic E-state index is -0.0496. The van der Waals surface area contributed by atoms with Crippen LogP contribution >= 0.6 is 0 Å². The first-order valence-electron chi connectivity index (χ1n) is 6.02. The Bertz CT molecular complexity index is 334. The van der Waals surface area contributed by atoms with Gasteiger partial charge in [-0.25, -0.2) is 0 Å². The molecule has 1 aliphatic rings. The predicted molar refractivity (Wildman–Crippen MR) is 66.7 cm³/mol. The summed E-state index contributed by atoms with van der Waals surface area (Å²) in [5, 5.41) is 3.45. The van der Waals surface area contributed by atoms with Gasteiger partial charge < -0.3 is 10.1 Å². The van der Waals surface area contributed by atoms with Crippen LogP contribution in [0.2, 0.25) is 0 Å². The van der Waals surface area contributed by atoms with Crippen molar-refractivity contribution in [3.8, 4) is 0 Å². The van der Waals surface area contributed by atoms with Crippen molar-refractivity contribution in [1.29, 1.82) is 0 Å². The molecule has 0 radical (unpaired) electrons. The molecule has 88 valence electrons. The Hall–Kier alpha value is -0.860. The van der Waals surface area contributed by atoms with Gasteiger partial charge in [-0.1, -0.05) is 37.3 Å². The van der Waals surface area contributed by atoms with E-state index in [9.17, 15) is 0 Å². The Balaban J connectivity index is 2.08. The number of nitrogens with one attached hydrogen (secondary N) is 1. The summed E-state index contributed by atoms with van der Waals surface area (Å²) in [4.78, 5) is 0. The molecule has 1 aliphatic heterocycles. The van der Waals surface area contributed by atoms with Crippen LogP contribution in [0.3, 0.4) is 0 Å². The summed E-state index contributed by atoms with van der Waals surface area (Å²) in [6, 6.07) is 10.6. The van der Waals surface area contributed by atoms with E-state index in [0.717, 1.165) is 13.1 Å². The van der Waals surface area contributed by atoms with Gasteiger partial charge in [-0.05, 0) is 19.4 Å².